The molecule has 7 nitrogen and oxygen atoms in total. The maximum absolute atomic E-state index is 12.3. The number of carbonyl (C=O) groups excluding carboxylic acids is 2. The first-order valence-electron chi connectivity index (χ1n) is 7.90. The minimum atomic E-state index is -0.304. The molecule has 0 radical (unpaired) electrons. The van der Waals surface area contributed by atoms with E-state index in [-0.39, 0.29) is 17.1 Å². The van der Waals surface area contributed by atoms with E-state index in [2.05, 4.69) is 33.1 Å². The van der Waals surface area contributed by atoms with Gasteiger partial charge in [0.1, 0.15) is 0 Å². The molecule has 2 rings (SSSR count). The minimum Gasteiger partial charge on any atom is -0.360 e. The Morgan fingerprint density at radius 3 is 2.40 bits per heavy atom. The molecule has 2 aromatic rings. The van der Waals surface area contributed by atoms with Crippen molar-refractivity contribution in [1.82, 2.24) is 10.2 Å². The number of nitrogens with one attached hydrogen (secondary N) is 3. The SMILES string of the molecule is CCCNc1nnc(S[C@@H](C)C(=O)Nc2ccc(NC(C)=O)cc2)s1. The molecule has 0 aliphatic rings. The van der Waals surface area contributed by atoms with E-state index in [0.29, 0.717) is 11.4 Å². The molecule has 0 saturated carbocycles. The van der Waals surface area contributed by atoms with Crippen LogP contribution in [0.3, 0.4) is 0 Å². The Kier molecular flexibility index (Phi) is 7.20. The number of rotatable bonds is 8. The van der Waals surface area contributed by atoms with Crippen LogP contribution in [0.5, 0.6) is 0 Å². The summed E-state index contributed by atoms with van der Waals surface area (Å²) in [6.45, 7) is 6.21. The molecule has 2 amide bonds. The largest absolute Gasteiger partial charge is 0.360 e. The summed E-state index contributed by atoms with van der Waals surface area (Å²) in [7, 11) is 0. The average Bonchev–Trinajstić information content (AvgIpc) is 3.01. The molecule has 0 spiro atoms. The van der Waals surface area contributed by atoms with Crippen molar-refractivity contribution < 1.29 is 9.59 Å². The number of thioether (sulfide) groups is 1. The highest BCUT2D eigenvalue weighted by molar-refractivity contribution is 8.02. The molecule has 1 atom stereocenters. The molecule has 0 saturated heterocycles. The zero-order valence-electron chi connectivity index (χ0n) is 14.3. The van der Waals surface area contributed by atoms with Gasteiger partial charge in [0.05, 0.1) is 5.25 Å². The van der Waals surface area contributed by atoms with Crippen LogP contribution >= 0.6 is 23.1 Å². The number of anilines is 3. The number of nitrogens with zero attached hydrogens (tertiary/aromatic N) is 2. The Labute approximate surface area is 155 Å². The number of hydrogen-bond donors (Lipinski definition) is 3. The lowest BCUT2D eigenvalue weighted by Crippen LogP contribution is -2.22. The number of aromatic nitrogens is 2. The highest BCUT2D eigenvalue weighted by atomic mass is 32.2. The molecule has 0 bridgehead atoms. The van der Waals surface area contributed by atoms with Crippen molar-refractivity contribution in [1.29, 1.82) is 0 Å². The van der Waals surface area contributed by atoms with Gasteiger partial charge in [-0.15, -0.1) is 10.2 Å². The fraction of sp³-hybridized carbons (Fsp3) is 0.375. The van der Waals surface area contributed by atoms with Crippen LogP contribution in [-0.4, -0.2) is 33.8 Å². The van der Waals surface area contributed by atoms with Crippen molar-refractivity contribution in [3.63, 3.8) is 0 Å². The lowest BCUT2D eigenvalue weighted by atomic mass is 10.2. The van der Waals surface area contributed by atoms with Gasteiger partial charge in [0.2, 0.25) is 16.9 Å². The number of carbonyl (C=O) groups is 2. The molecular weight excluding hydrogens is 358 g/mol. The summed E-state index contributed by atoms with van der Waals surface area (Å²) < 4.78 is 0.752. The van der Waals surface area contributed by atoms with Crippen molar-refractivity contribution in [3.8, 4) is 0 Å². The standard InChI is InChI=1S/C16H21N5O2S2/c1-4-9-17-15-20-21-16(25-15)24-10(2)14(23)19-13-7-5-12(6-8-13)18-11(3)22/h5-8,10H,4,9H2,1-3H3,(H,17,20)(H,18,22)(H,19,23)/t10-/m0/s1. The zero-order chi connectivity index (χ0) is 18.2. The highest BCUT2D eigenvalue weighted by Crippen LogP contribution is 2.29. The van der Waals surface area contributed by atoms with Gasteiger partial charge in [-0.25, -0.2) is 0 Å². The van der Waals surface area contributed by atoms with Gasteiger partial charge >= 0.3 is 0 Å². The Balaban J connectivity index is 1.87. The summed E-state index contributed by atoms with van der Waals surface area (Å²) in [5, 5.41) is 17.3. The summed E-state index contributed by atoms with van der Waals surface area (Å²) in [5.74, 6) is -0.248. The lowest BCUT2D eigenvalue weighted by molar-refractivity contribution is -0.115. The van der Waals surface area contributed by atoms with E-state index in [1.165, 1.54) is 30.0 Å². The lowest BCUT2D eigenvalue weighted by Gasteiger charge is -2.11. The van der Waals surface area contributed by atoms with Crippen LogP contribution in [0.15, 0.2) is 28.6 Å². The van der Waals surface area contributed by atoms with Gasteiger partial charge in [0, 0.05) is 24.8 Å². The topological polar surface area (TPSA) is 96.0 Å². The second-order valence-electron chi connectivity index (χ2n) is 5.31. The predicted octanol–water partition coefficient (Wildman–Crippen LogP) is 3.44. The molecule has 0 aliphatic carbocycles. The molecule has 1 aromatic carbocycles. The van der Waals surface area contributed by atoms with Gasteiger partial charge in [-0.1, -0.05) is 30.0 Å². The van der Waals surface area contributed by atoms with E-state index >= 15 is 0 Å². The maximum Gasteiger partial charge on any atom is 0.237 e. The normalized spacial score (nSPS) is 11.6. The van der Waals surface area contributed by atoms with Crippen LogP contribution in [0.1, 0.15) is 27.2 Å². The molecule has 1 heterocycles. The van der Waals surface area contributed by atoms with E-state index in [1.807, 2.05) is 6.92 Å². The molecule has 0 fully saturated rings. The Bertz CT molecular complexity index is 718. The third kappa shape index (κ3) is 6.35. The van der Waals surface area contributed by atoms with Gasteiger partial charge < -0.3 is 16.0 Å². The van der Waals surface area contributed by atoms with Crippen molar-refractivity contribution in [2.24, 2.45) is 0 Å². The average molecular weight is 380 g/mol. The van der Waals surface area contributed by atoms with Crippen molar-refractivity contribution in [2.75, 3.05) is 22.5 Å². The molecule has 3 N–H and O–H groups in total. The van der Waals surface area contributed by atoms with E-state index in [1.54, 1.807) is 24.3 Å². The van der Waals surface area contributed by atoms with Crippen LogP contribution < -0.4 is 16.0 Å². The molecule has 134 valence electrons. The minimum absolute atomic E-state index is 0.115. The summed E-state index contributed by atoms with van der Waals surface area (Å²) in [6.07, 6.45) is 1.02. The van der Waals surface area contributed by atoms with Crippen LogP contribution in [0.25, 0.3) is 0 Å². The molecular formula is C16H21N5O2S2. The van der Waals surface area contributed by atoms with E-state index < -0.39 is 0 Å². The van der Waals surface area contributed by atoms with E-state index in [0.717, 1.165) is 22.4 Å². The third-order valence-corrected chi connectivity index (χ3v) is 5.12. The van der Waals surface area contributed by atoms with E-state index in [9.17, 15) is 9.59 Å². The number of hydrogen-bond acceptors (Lipinski definition) is 7. The van der Waals surface area contributed by atoms with Gasteiger partial charge in [-0.3, -0.25) is 9.59 Å². The van der Waals surface area contributed by atoms with E-state index in [4.69, 9.17) is 0 Å². The second-order valence-corrected chi connectivity index (χ2v) is 7.87. The predicted molar refractivity (Wildman–Crippen MR) is 103 cm³/mol. The van der Waals surface area contributed by atoms with Crippen LogP contribution in [0.2, 0.25) is 0 Å². The van der Waals surface area contributed by atoms with Crippen LogP contribution in [-0.2, 0) is 9.59 Å². The number of amides is 2. The maximum atomic E-state index is 12.3. The van der Waals surface area contributed by atoms with Gasteiger partial charge in [0.15, 0.2) is 4.34 Å². The summed E-state index contributed by atoms with van der Waals surface area (Å²) in [5.41, 5.74) is 1.36. The molecule has 0 aliphatic heterocycles. The van der Waals surface area contributed by atoms with Gasteiger partial charge in [-0.2, -0.15) is 0 Å². The molecule has 9 heteroatoms. The summed E-state index contributed by atoms with van der Waals surface area (Å²) in [6, 6.07) is 6.98. The smallest absolute Gasteiger partial charge is 0.237 e. The van der Waals surface area contributed by atoms with Gasteiger partial charge in [-0.05, 0) is 37.6 Å². The first-order chi connectivity index (χ1) is 12.0. The monoisotopic (exact) mass is 379 g/mol. The van der Waals surface area contributed by atoms with Crippen molar-refractivity contribution in [3.05, 3.63) is 24.3 Å². The van der Waals surface area contributed by atoms with Crippen LogP contribution in [0.4, 0.5) is 16.5 Å². The molecule has 1 aromatic heterocycles. The number of benzene rings is 1. The summed E-state index contributed by atoms with van der Waals surface area (Å²) in [4.78, 5) is 23.3. The van der Waals surface area contributed by atoms with Gasteiger partial charge in [0.25, 0.3) is 0 Å². The van der Waals surface area contributed by atoms with Crippen molar-refractivity contribution in [2.45, 2.75) is 36.8 Å². The molecule has 25 heavy (non-hydrogen) atoms. The zero-order valence-corrected chi connectivity index (χ0v) is 16.0. The third-order valence-electron chi connectivity index (χ3n) is 3.05. The summed E-state index contributed by atoms with van der Waals surface area (Å²) >= 11 is 2.81. The molecule has 0 unspecified atom stereocenters. The Morgan fingerprint density at radius 1 is 1.16 bits per heavy atom. The van der Waals surface area contributed by atoms with Crippen molar-refractivity contribution >= 4 is 51.4 Å². The first-order valence-corrected chi connectivity index (χ1v) is 9.60. The van der Waals surface area contributed by atoms with Crippen LogP contribution in [0, 0.1) is 0 Å². The quantitative estimate of drug-likeness (QED) is 0.608. The fourth-order valence-corrected chi connectivity index (χ4v) is 3.77. The fourth-order valence-electron chi connectivity index (χ4n) is 1.85. The highest BCUT2D eigenvalue weighted by Gasteiger charge is 2.17. The first kappa shape index (κ1) is 19.2. The Hall–Kier alpha value is -2.13. The second kappa shape index (κ2) is 9.38. The Morgan fingerprint density at radius 2 is 1.80 bits per heavy atom.